The van der Waals surface area contributed by atoms with E-state index in [0.717, 1.165) is 5.75 Å². The lowest BCUT2D eigenvalue weighted by molar-refractivity contribution is -0.138. The van der Waals surface area contributed by atoms with Gasteiger partial charge in [-0.3, -0.25) is 4.79 Å². The third kappa shape index (κ3) is 5.28. The van der Waals surface area contributed by atoms with Crippen molar-refractivity contribution in [3.63, 3.8) is 0 Å². The van der Waals surface area contributed by atoms with Crippen molar-refractivity contribution in [2.24, 2.45) is 0 Å². The van der Waals surface area contributed by atoms with Crippen LogP contribution < -0.4 is 0 Å². The van der Waals surface area contributed by atoms with E-state index in [1.165, 1.54) is 0 Å². The van der Waals surface area contributed by atoms with Crippen molar-refractivity contribution in [2.45, 2.75) is 19.4 Å². The molecule has 6 nitrogen and oxygen atoms in total. The first-order valence-corrected chi connectivity index (χ1v) is 7.60. The van der Waals surface area contributed by atoms with Crippen molar-refractivity contribution in [1.82, 2.24) is 9.80 Å². The highest BCUT2D eigenvalue weighted by molar-refractivity contribution is 7.99. The normalized spacial score (nSPS) is 19.3. The Kier molecular flexibility index (Phi) is 7.01. The summed E-state index contributed by atoms with van der Waals surface area (Å²) < 4.78 is 5.22. The SMILES string of the molecule is CCOCCN(C)C(=O)N1CCSCC1CC(=O)O. The van der Waals surface area contributed by atoms with Crippen LogP contribution in [0.4, 0.5) is 4.79 Å². The van der Waals surface area contributed by atoms with Gasteiger partial charge in [0.2, 0.25) is 0 Å². The molecule has 2 amide bonds. The lowest BCUT2D eigenvalue weighted by Gasteiger charge is -2.37. The second-order valence-corrected chi connectivity index (χ2v) is 5.57. The van der Waals surface area contributed by atoms with E-state index in [-0.39, 0.29) is 18.5 Å². The monoisotopic (exact) mass is 290 g/mol. The fourth-order valence-corrected chi connectivity index (χ4v) is 3.00. The van der Waals surface area contributed by atoms with Crippen molar-refractivity contribution in [1.29, 1.82) is 0 Å². The molecule has 1 fully saturated rings. The molecule has 19 heavy (non-hydrogen) atoms. The van der Waals surface area contributed by atoms with Crippen LogP contribution in [0, 0.1) is 0 Å². The molecular weight excluding hydrogens is 268 g/mol. The summed E-state index contributed by atoms with van der Waals surface area (Å²) in [6.07, 6.45) is 0.0119. The summed E-state index contributed by atoms with van der Waals surface area (Å²) in [6.45, 7) is 4.18. The molecule has 0 aromatic heterocycles. The van der Waals surface area contributed by atoms with Crippen molar-refractivity contribution in [2.75, 3.05) is 44.9 Å². The number of amides is 2. The van der Waals surface area contributed by atoms with Crippen LogP contribution in [0.15, 0.2) is 0 Å². The molecular formula is C12H22N2O4S. The number of hydrogen-bond donors (Lipinski definition) is 1. The fraction of sp³-hybridized carbons (Fsp3) is 0.833. The molecule has 1 rings (SSSR count). The zero-order valence-corrected chi connectivity index (χ0v) is 12.3. The van der Waals surface area contributed by atoms with E-state index in [4.69, 9.17) is 9.84 Å². The predicted octanol–water partition coefficient (Wildman–Crippen LogP) is 0.967. The second kappa shape index (κ2) is 8.27. The summed E-state index contributed by atoms with van der Waals surface area (Å²) in [7, 11) is 1.72. The zero-order chi connectivity index (χ0) is 14.3. The van der Waals surface area contributed by atoms with Crippen LogP contribution in [0.5, 0.6) is 0 Å². The average Bonchev–Trinajstić information content (AvgIpc) is 2.38. The van der Waals surface area contributed by atoms with Crippen LogP contribution in [0.1, 0.15) is 13.3 Å². The first-order chi connectivity index (χ1) is 9.06. The lowest BCUT2D eigenvalue weighted by atomic mass is 10.2. The zero-order valence-electron chi connectivity index (χ0n) is 11.5. The molecule has 0 bridgehead atoms. The maximum absolute atomic E-state index is 12.3. The molecule has 0 aromatic carbocycles. The van der Waals surface area contributed by atoms with Gasteiger partial charge in [0.05, 0.1) is 19.1 Å². The number of carboxylic acids is 1. The Morgan fingerprint density at radius 2 is 2.26 bits per heavy atom. The Hall–Kier alpha value is -0.950. The molecule has 0 radical (unpaired) electrons. The van der Waals surface area contributed by atoms with Crippen LogP contribution in [0.25, 0.3) is 0 Å². The van der Waals surface area contributed by atoms with Gasteiger partial charge in [-0.1, -0.05) is 0 Å². The van der Waals surface area contributed by atoms with Gasteiger partial charge in [0.15, 0.2) is 0 Å². The van der Waals surface area contributed by atoms with Gasteiger partial charge >= 0.3 is 12.0 Å². The number of urea groups is 1. The summed E-state index contributed by atoms with van der Waals surface area (Å²) in [5, 5.41) is 8.90. The lowest BCUT2D eigenvalue weighted by Crippen LogP contribution is -2.52. The van der Waals surface area contributed by atoms with E-state index >= 15 is 0 Å². The largest absolute Gasteiger partial charge is 0.481 e. The van der Waals surface area contributed by atoms with E-state index in [2.05, 4.69) is 0 Å². The number of thioether (sulfide) groups is 1. The maximum Gasteiger partial charge on any atom is 0.320 e. The highest BCUT2D eigenvalue weighted by Gasteiger charge is 2.30. The third-order valence-corrected chi connectivity index (χ3v) is 4.08. The third-order valence-electron chi connectivity index (χ3n) is 2.99. The quantitative estimate of drug-likeness (QED) is 0.738. The van der Waals surface area contributed by atoms with Gasteiger partial charge in [-0.15, -0.1) is 0 Å². The van der Waals surface area contributed by atoms with E-state index in [1.807, 2.05) is 6.92 Å². The first kappa shape index (κ1) is 16.1. The number of carbonyl (C=O) groups excluding carboxylic acids is 1. The van der Waals surface area contributed by atoms with Gasteiger partial charge in [0.1, 0.15) is 0 Å². The minimum Gasteiger partial charge on any atom is -0.481 e. The Morgan fingerprint density at radius 1 is 1.53 bits per heavy atom. The van der Waals surface area contributed by atoms with Crippen molar-refractivity contribution >= 4 is 23.8 Å². The van der Waals surface area contributed by atoms with Crippen LogP contribution in [0.3, 0.4) is 0 Å². The Balaban J connectivity index is 2.53. The molecule has 1 saturated heterocycles. The van der Waals surface area contributed by atoms with Crippen LogP contribution in [-0.2, 0) is 9.53 Å². The van der Waals surface area contributed by atoms with Crippen molar-refractivity contribution in [3.05, 3.63) is 0 Å². The predicted molar refractivity (Wildman–Crippen MR) is 74.6 cm³/mol. The molecule has 0 aromatic rings. The minimum atomic E-state index is -0.859. The summed E-state index contributed by atoms with van der Waals surface area (Å²) in [4.78, 5) is 26.4. The van der Waals surface area contributed by atoms with Gasteiger partial charge in [0.25, 0.3) is 0 Å². The molecule has 110 valence electrons. The van der Waals surface area contributed by atoms with Crippen molar-refractivity contribution < 1.29 is 19.4 Å². The summed E-state index contributed by atoms with van der Waals surface area (Å²) in [5.41, 5.74) is 0. The van der Waals surface area contributed by atoms with Crippen LogP contribution in [0.2, 0.25) is 0 Å². The molecule has 0 spiro atoms. The number of carboxylic acid groups (broad SMARTS) is 1. The number of ether oxygens (including phenoxy) is 1. The molecule has 0 saturated carbocycles. The molecule has 1 aliphatic heterocycles. The molecule has 1 atom stereocenters. The second-order valence-electron chi connectivity index (χ2n) is 4.42. The first-order valence-electron chi connectivity index (χ1n) is 6.45. The van der Waals surface area contributed by atoms with Gasteiger partial charge in [-0.2, -0.15) is 11.8 Å². The number of aliphatic carboxylic acids is 1. The van der Waals surface area contributed by atoms with Gasteiger partial charge in [-0.25, -0.2) is 4.79 Å². The van der Waals surface area contributed by atoms with Crippen molar-refractivity contribution in [3.8, 4) is 0 Å². The number of rotatable bonds is 6. The molecule has 7 heteroatoms. The van der Waals surface area contributed by atoms with E-state index in [1.54, 1.807) is 28.6 Å². The standard InChI is InChI=1S/C12H22N2O4S/c1-3-18-6-4-13(2)12(17)14-5-7-19-9-10(14)8-11(15)16/h10H,3-9H2,1-2H3,(H,15,16). The maximum atomic E-state index is 12.3. The number of carbonyl (C=O) groups is 2. The molecule has 1 aliphatic rings. The summed E-state index contributed by atoms with van der Waals surface area (Å²) in [6, 6.07) is -0.315. The van der Waals surface area contributed by atoms with Crippen LogP contribution >= 0.6 is 11.8 Å². The van der Waals surface area contributed by atoms with E-state index in [0.29, 0.717) is 32.1 Å². The minimum absolute atomic E-state index is 0.0119. The van der Waals surface area contributed by atoms with Gasteiger partial charge in [-0.05, 0) is 6.92 Å². The number of nitrogens with zero attached hydrogens (tertiary/aromatic N) is 2. The Morgan fingerprint density at radius 3 is 2.89 bits per heavy atom. The fourth-order valence-electron chi connectivity index (χ4n) is 1.94. The smallest absolute Gasteiger partial charge is 0.320 e. The van der Waals surface area contributed by atoms with Crippen LogP contribution in [-0.4, -0.2) is 77.8 Å². The van der Waals surface area contributed by atoms with Gasteiger partial charge in [0, 0.05) is 38.2 Å². The number of likely N-dealkylation sites (N-methyl/N-ethyl adjacent to an activating group) is 1. The topological polar surface area (TPSA) is 70.1 Å². The Labute approximate surface area is 118 Å². The van der Waals surface area contributed by atoms with E-state index < -0.39 is 5.97 Å². The molecule has 1 N–H and O–H groups in total. The summed E-state index contributed by atoms with van der Waals surface area (Å²) in [5.74, 6) is 0.695. The molecule has 1 heterocycles. The van der Waals surface area contributed by atoms with Gasteiger partial charge < -0.3 is 19.6 Å². The van der Waals surface area contributed by atoms with E-state index in [9.17, 15) is 9.59 Å². The summed E-state index contributed by atoms with van der Waals surface area (Å²) >= 11 is 1.70. The molecule has 1 unspecified atom stereocenters. The highest BCUT2D eigenvalue weighted by Crippen LogP contribution is 2.20. The average molecular weight is 290 g/mol. The number of hydrogen-bond acceptors (Lipinski definition) is 4. The molecule has 0 aliphatic carbocycles. The Bertz CT molecular complexity index is 314. The highest BCUT2D eigenvalue weighted by atomic mass is 32.2.